The van der Waals surface area contributed by atoms with Gasteiger partial charge < -0.3 is 4.57 Å². The van der Waals surface area contributed by atoms with Crippen molar-refractivity contribution in [2.45, 2.75) is 34.1 Å². The molecule has 0 radical (unpaired) electrons. The van der Waals surface area contributed by atoms with Gasteiger partial charge in [-0.2, -0.15) is 0 Å². The summed E-state index contributed by atoms with van der Waals surface area (Å²) in [5.41, 5.74) is 6.98. The quantitative estimate of drug-likeness (QED) is 0.771. The summed E-state index contributed by atoms with van der Waals surface area (Å²) in [6.45, 7) is 8.79. The second-order valence-corrected chi connectivity index (χ2v) is 4.87. The fraction of sp³-hybridized carbons (Fsp3) is 0.400. The average Bonchev–Trinajstić information content (AvgIpc) is 2.67. The first-order chi connectivity index (χ1) is 8.00. The van der Waals surface area contributed by atoms with E-state index in [1.54, 1.807) is 0 Å². The molecule has 0 amide bonds. The largest absolute Gasteiger partial charge is 0.338 e. The molecule has 0 bridgehead atoms. The maximum atomic E-state index is 4.41. The Kier molecular flexibility index (Phi) is 3.05. The molecule has 2 rings (SSSR count). The van der Waals surface area contributed by atoms with E-state index in [-0.39, 0.29) is 0 Å². The fourth-order valence-electron chi connectivity index (χ4n) is 2.33. The molecule has 2 nitrogen and oxygen atoms in total. The molecule has 1 aromatic carbocycles. The van der Waals surface area contributed by atoms with E-state index in [0.29, 0.717) is 0 Å². The monoisotopic (exact) mass is 228 g/mol. The van der Waals surface area contributed by atoms with E-state index in [2.05, 4.69) is 43.3 Å². The van der Waals surface area contributed by atoms with Crippen LogP contribution in [0.2, 0.25) is 0 Å². The van der Waals surface area contributed by atoms with Crippen LogP contribution in [-0.2, 0) is 13.5 Å². The molecule has 0 aliphatic carbocycles. The lowest BCUT2D eigenvalue weighted by Gasteiger charge is -2.14. The maximum absolute atomic E-state index is 4.41. The van der Waals surface area contributed by atoms with Crippen molar-refractivity contribution in [1.29, 1.82) is 0 Å². The predicted octanol–water partition coefficient (Wildman–Crippen LogP) is 3.24. The van der Waals surface area contributed by atoms with Gasteiger partial charge in [-0.05, 0) is 55.5 Å². The van der Waals surface area contributed by atoms with Crippen LogP contribution < -0.4 is 0 Å². The lowest BCUT2D eigenvalue weighted by atomic mass is 9.92. The number of aryl methyl sites for hydroxylation is 3. The third-order valence-electron chi connectivity index (χ3n) is 3.77. The Morgan fingerprint density at radius 1 is 1.06 bits per heavy atom. The molecule has 0 spiro atoms. The van der Waals surface area contributed by atoms with Crippen LogP contribution in [0.3, 0.4) is 0 Å². The summed E-state index contributed by atoms with van der Waals surface area (Å²) in [7, 11) is 2.05. The first kappa shape index (κ1) is 11.9. The molecule has 0 aliphatic rings. The average molecular weight is 228 g/mol. The van der Waals surface area contributed by atoms with E-state index in [1.807, 2.05) is 19.4 Å². The zero-order chi connectivity index (χ0) is 12.6. The van der Waals surface area contributed by atoms with Gasteiger partial charge in [0.15, 0.2) is 0 Å². The molecular formula is C15H20N2. The van der Waals surface area contributed by atoms with Crippen molar-refractivity contribution in [2.75, 3.05) is 0 Å². The molecule has 0 aliphatic heterocycles. The van der Waals surface area contributed by atoms with Gasteiger partial charge in [-0.15, -0.1) is 0 Å². The summed E-state index contributed by atoms with van der Waals surface area (Å²) in [6, 6.07) is 2.28. The van der Waals surface area contributed by atoms with Crippen LogP contribution in [0.25, 0.3) is 0 Å². The maximum Gasteiger partial charge on any atom is 0.112 e. The van der Waals surface area contributed by atoms with Gasteiger partial charge in [0.25, 0.3) is 0 Å². The third kappa shape index (κ3) is 2.12. The van der Waals surface area contributed by atoms with Crippen LogP contribution in [0.15, 0.2) is 18.5 Å². The van der Waals surface area contributed by atoms with Crippen molar-refractivity contribution in [2.24, 2.45) is 7.05 Å². The van der Waals surface area contributed by atoms with Crippen molar-refractivity contribution in [3.05, 3.63) is 52.1 Å². The minimum absolute atomic E-state index is 0.919. The fourth-order valence-corrected chi connectivity index (χ4v) is 2.33. The first-order valence-corrected chi connectivity index (χ1v) is 6.03. The number of nitrogens with zero attached hydrogens (tertiary/aromatic N) is 2. The number of imidazole rings is 1. The molecule has 0 atom stereocenters. The smallest absolute Gasteiger partial charge is 0.112 e. The van der Waals surface area contributed by atoms with E-state index >= 15 is 0 Å². The van der Waals surface area contributed by atoms with Gasteiger partial charge in [0.05, 0.1) is 0 Å². The number of benzene rings is 1. The number of hydrogen-bond acceptors (Lipinski definition) is 1. The second kappa shape index (κ2) is 4.36. The molecule has 90 valence electrons. The van der Waals surface area contributed by atoms with Gasteiger partial charge in [0.1, 0.15) is 5.82 Å². The Morgan fingerprint density at radius 3 is 2.35 bits per heavy atom. The van der Waals surface area contributed by atoms with Crippen molar-refractivity contribution in [3.63, 3.8) is 0 Å². The number of aromatic nitrogens is 2. The molecular weight excluding hydrogens is 208 g/mol. The lowest BCUT2D eigenvalue weighted by Crippen LogP contribution is -2.04. The highest BCUT2D eigenvalue weighted by Crippen LogP contribution is 2.23. The molecule has 0 N–H and O–H groups in total. The molecule has 17 heavy (non-hydrogen) atoms. The first-order valence-electron chi connectivity index (χ1n) is 6.03. The van der Waals surface area contributed by atoms with Gasteiger partial charge in [0, 0.05) is 25.9 Å². The van der Waals surface area contributed by atoms with Crippen LogP contribution in [0.5, 0.6) is 0 Å². The van der Waals surface area contributed by atoms with Crippen LogP contribution in [0.1, 0.15) is 33.6 Å². The van der Waals surface area contributed by atoms with Crippen molar-refractivity contribution in [1.82, 2.24) is 9.55 Å². The molecule has 0 fully saturated rings. The third-order valence-corrected chi connectivity index (χ3v) is 3.77. The summed E-state index contributed by atoms with van der Waals surface area (Å²) in [5, 5.41) is 0. The highest BCUT2D eigenvalue weighted by molar-refractivity contribution is 5.45. The number of hydrogen-bond donors (Lipinski definition) is 0. The van der Waals surface area contributed by atoms with Crippen molar-refractivity contribution >= 4 is 0 Å². The topological polar surface area (TPSA) is 17.8 Å². The SMILES string of the molecule is Cc1cc(C)c(Cc2nccn2C)c(C)c1C. The standard InChI is InChI=1S/C15H20N2/c1-10-8-11(2)14(13(4)12(10)3)9-15-16-6-7-17(15)5/h6-8H,9H2,1-5H3. The summed E-state index contributed by atoms with van der Waals surface area (Å²) in [5.74, 6) is 1.12. The van der Waals surface area contributed by atoms with Crippen LogP contribution in [0.4, 0.5) is 0 Å². The highest BCUT2D eigenvalue weighted by atomic mass is 15.0. The number of rotatable bonds is 2. The van der Waals surface area contributed by atoms with Gasteiger partial charge in [-0.1, -0.05) is 6.07 Å². The van der Waals surface area contributed by atoms with Crippen LogP contribution in [0, 0.1) is 27.7 Å². The molecule has 2 aromatic rings. The van der Waals surface area contributed by atoms with Crippen molar-refractivity contribution in [3.8, 4) is 0 Å². The van der Waals surface area contributed by atoms with Crippen molar-refractivity contribution < 1.29 is 0 Å². The Balaban J connectivity index is 2.47. The second-order valence-electron chi connectivity index (χ2n) is 4.87. The van der Waals surface area contributed by atoms with Gasteiger partial charge in [0.2, 0.25) is 0 Å². The minimum Gasteiger partial charge on any atom is -0.338 e. The summed E-state index contributed by atoms with van der Waals surface area (Å²) in [4.78, 5) is 4.41. The summed E-state index contributed by atoms with van der Waals surface area (Å²) in [6.07, 6.45) is 4.78. The molecule has 1 heterocycles. The van der Waals surface area contributed by atoms with Crippen LogP contribution >= 0.6 is 0 Å². The summed E-state index contributed by atoms with van der Waals surface area (Å²) >= 11 is 0. The zero-order valence-corrected chi connectivity index (χ0v) is 11.3. The minimum atomic E-state index is 0.919. The normalized spacial score (nSPS) is 10.9. The Morgan fingerprint density at radius 2 is 1.76 bits per heavy atom. The highest BCUT2D eigenvalue weighted by Gasteiger charge is 2.10. The Labute approximate surface area is 103 Å². The lowest BCUT2D eigenvalue weighted by molar-refractivity contribution is 0.816. The van der Waals surface area contributed by atoms with E-state index < -0.39 is 0 Å². The summed E-state index contributed by atoms with van der Waals surface area (Å²) < 4.78 is 2.09. The van der Waals surface area contributed by atoms with E-state index in [9.17, 15) is 0 Å². The molecule has 1 aromatic heterocycles. The van der Waals surface area contributed by atoms with E-state index in [0.717, 1.165) is 12.2 Å². The Bertz CT molecular complexity index is 550. The Hall–Kier alpha value is -1.57. The molecule has 0 unspecified atom stereocenters. The van der Waals surface area contributed by atoms with Gasteiger partial charge in [-0.25, -0.2) is 4.98 Å². The molecule has 0 saturated heterocycles. The molecule has 0 saturated carbocycles. The predicted molar refractivity (Wildman–Crippen MR) is 71.4 cm³/mol. The molecule has 2 heteroatoms. The van der Waals surface area contributed by atoms with Gasteiger partial charge >= 0.3 is 0 Å². The zero-order valence-electron chi connectivity index (χ0n) is 11.3. The van der Waals surface area contributed by atoms with E-state index in [1.165, 1.54) is 27.8 Å². The van der Waals surface area contributed by atoms with E-state index in [4.69, 9.17) is 0 Å². The van der Waals surface area contributed by atoms with Crippen LogP contribution in [-0.4, -0.2) is 9.55 Å². The van der Waals surface area contributed by atoms with Gasteiger partial charge in [-0.3, -0.25) is 0 Å².